The number of methoxy groups -OCH3 is 2. The number of hydrogen-bond acceptors (Lipinski definition) is 13. The van der Waals surface area contributed by atoms with Crippen molar-refractivity contribution in [3.05, 3.63) is 59.7 Å². The van der Waals surface area contributed by atoms with Gasteiger partial charge in [0.05, 0.1) is 24.4 Å². The van der Waals surface area contributed by atoms with Gasteiger partial charge in [0.25, 0.3) is 11.7 Å². The largest absolute Gasteiger partial charge is 0.543 e. The molecule has 3 heterocycles. The summed E-state index contributed by atoms with van der Waals surface area (Å²) in [6.45, 7) is 22.4. The lowest BCUT2D eigenvalue weighted by Crippen LogP contribution is -2.64. The van der Waals surface area contributed by atoms with E-state index in [4.69, 9.17) is 28.1 Å². The van der Waals surface area contributed by atoms with Gasteiger partial charge in [0.2, 0.25) is 14.1 Å². The Balaban J connectivity index is 1.29. The van der Waals surface area contributed by atoms with Gasteiger partial charge in [-0.25, -0.2) is 4.79 Å². The molecule has 3 N–H and O–H groups in total. The molecular weight excluding hydrogens is 947 g/mol. The van der Waals surface area contributed by atoms with E-state index in [0.717, 1.165) is 22.1 Å². The molecule has 1 saturated carbocycles. The van der Waals surface area contributed by atoms with Gasteiger partial charge in [0.1, 0.15) is 41.6 Å². The Bertz CT molecular complexity index is 2320. The minimum Gasteiger partial charge on any atom is -0.543 e. The number of carbonyl (C=O) groups is 4. The molecule has 0 aromatic heterocycles. The maximum Gasteiger partial charge on any atom is 0.329 e. The van der Waals surface area contributed by atoms with Crippen molar-refractivity contribution in [2.24, 2.45) is 29.6 Å². The Morgan fingerprint density at radius 3 is 2.15 bits per heavy atom. The Morgan fingerprint density at radius 2 is 1.51 bits per heavy atom. The molecule has 406 valence electrons. The highest BCUT2D eigenvalue weighted by molar-refractivity contribution is 6.74. The van der Waals surface area contributed by atoms with Crippen molar-refractivity contribution in [2.75, 3.05) is 20.8 Å². The van der Waals surface area contributed by atoms with E-state index in [0.29, 0.717) is 62.7 Å². The van der Waals surface area contributed by atoms with Gasteiger partial charge in [-0.1, -0.05) is 78.3 Å². The summed E-state index contributed by atoms with van der Waals surface area (Å²) in [7, 11) is 1.03. The molecule has 0 radical (unpaired) electrons. The SMILES string of the molecule is CCC1/C=C(\C)CC(C)CC(OC)C2OC(O)(C(=O)C(=O)N3CCCCC3C(=O)OC(C(C)=CC3CCC(O)C(Oc4ccc5cc(O[Si](C)(C)C(C)(C)C)ccc5c4)C3)C(C)C(O)CC1=O)C(C)CC2OC. The third-order valence-electron chi connectivity index (χ3n) is 16.8. The standard InChI is InChI=1S/C58H87NO13Si/c1-14-40-26-34(2)25-35(3)27-50(67-10)53-51(68-11)29-37(5)58(66,71-53)54(63)55(64)59-24-16-15-17-45(59)56(65)70-52(38(6)47(61)33-48(40)62)36(4)28-39-18-23-46(60)49(30-39)69-43-21-19-42-32-44(22-20-41(42)31-43)72-73(12,13)57(7,8)9/h19-22,26,28,31-32,35,37-40,45-47,49-53,60-61,66H,14-18,23-25,27,29-30,33H2,1-13H3/b34-26+,36-28?. The monoisotopic (exact) mass is 1030 g/mol. The first-order chi connectivity index (χ1) is 34.3. The van der Waals surface area contributed by atoms with Crippen LogP contribution in [0.2, 0.25) is 18.1 Å². The van der Waals surface area contributed by atoms with E-state index in [1.165, 1.54) is 19.1 Å². The zero-order valence-corrected chi connectivity index (χ0v) is 47.0. The molecule has 1 aliphatic carbocycles. The summed E-state index contributed by atoms with van der Waals surface area (Å²) >= 11 is 0. The van der Waals surface area contributed by atoms with Crippen LogP contribution < -0.4 is 9.16 Å². The van der Waals surface area contributed by atoms with Crippen LogP contribution in [0, 0.1) is 29.6 Å². The first-order valence-electron chi connectivity index (χ1n) is 27.0. The second-order valence-corrected chi connectivity index (χ2v) is 28.3. The molecule has 2 aromatic carbocycles. The summed E-state index contributed by atoms with van der Waals surface area (Å²) in [6, 6.07) is 10.8. The molecule has 1 amide bonds. The van der Waals surface area contributed by atoms with Crippen LogP contribution in [0.3, 0.4) is 0 Å². The lowest BCUT2D eigenvalue weighted by molar-refractivity contribution is -0.302. The van der Waals surface area contributed by atoms with E-state index in [1.54, 1.807) is 13.8 Å². The normalized spacial score (nSPS) is 35.1. The minimum atomic E-state index is -2.53. The molecule has 3 aliphatic heterocycles. The van der Waals surface area contributed by atoms with Gasteiger partial charge in [-0.2, -0.15) is 0 Å². The Labute approximate surface area is 435 Å². The van der Waals surface area contributed by atoms with Crippen LogP contribution in [-0.4, -0.2) is 127 Å². The van der Waals surface area contributed by atoms with Crippen molar-refractivity contribution in [3.8, 4) is 11.5 Å². The predicted octanol–water partition coefficient (Wildman–Crippen LogP) is 9.44. The van der Waals surface area contributed by atoms with Gasteiger partial charge < -0.3 is 48.3 Å². The maximum atomic E-state index is 14.6. The van der Waals surface area contributed by atoms with Crippen LogP contribution in [0.1, 0.15) is 133 Å². The van der Waals surface area contributed by atoms with E-state index in [1.807, 2.05) is 63.3 Å². The highest BCUT2D eigenvalue weighted by Gasteiger charge is 2.57. The van der Waals surface area contributed by atoms with Gasteiger partial charge in [-0.3, -0.25) is 14.4 Å². The van der Waals surface area contributed by atoms with E-state index >= 15 is 0 Å². The van der Waals surface area contributed by atoms with Gasteiger partial charge in [0, 0.05) is 44.9 Å². The zero-order valence-electron chi connectivity index (χ0n) is 46.0. The summed E-state index contributed by atoms with van der Waals surface area (Å²) in [4.78, 5) is 58.8. The molecule has 2 saturated heterocycles. The number of rotatable bonds is 9. The van der Waals surface area contributed by atoms with Crippen LogP contribution in [0.4, 0.5) is 0 Å². The van der Waals surface area contributed by atoms with Crippen LogP contribution in [0.25, 0.3) is 10.8 Å². The number of hydrogen-bond donors (Lipinski definition) is 3. The average molecular weight is 1030 g/mol. The van der Waals surface area contributed by atoms with Crippen molar-refractivity contribution < 1.29 is 62.6 Å². The fourth-order valence-corrected chi connectivity index (χ4v) is 12.2. The fourth-order valence-electron chi connectivity index (χ4n) is 11.2. The maximum absolute atomic E-state index is 14.6. The average Bonchev–Trinajstić information content (AvgIpc) is 3.34. The molecule has 14 unspecified atom stereocenters. The minimum absolute atomic E-state index is 0.0160. The summed E-state index contributed by atoms with van der Waals surface area (Å²) in [6.07, 6.45) is 2.87. The first-order valence-corrected chi connectivity index (χ1v) is 29.9. The van der Waals surface area contributed by atoms with Crippen molar-refractivity contribution in [1.29, 1.82) is 0 Å². The summed E-state index contributed by atoms with van der Waals surface area (Å²) in [5.74, 6) is -6.35. The molecule has 4 aliphatic rings. The number of benzene rings is 2. The van der Waals surface area contributed by atoms with Gasteiger partial charge in [0.15, 0.2) is 0 Å². The number of nitrogens with zero attached hydrogens (tertiary/aromatic N) is 1. The van der Waals surface area contributed by atoms with Gasteiger partial charge >= 0.3 is 5.97 Å². The molecule has 15 heteroatoms. The van der Waals surface area contributed by atoms with Crippen molar-refractivity contribution in [3.63, 3.8) is 0 Å². The van der Waals surface area contributed by atoms with Gasteiger partial charge in [-0.15, -0.1) is 0 Å². The van der Waals surface area contributed by atoms with Crippen LogP contribution in [-0.2, 0) is 38.1 Å². The second kappa shape index (κ2) is 24.4. The highest BCUT2D eigenvalue weighted by atomic mass is 28.4. The number of allylic oxidation sites excluding steroid dienone is 3. The van der Waals surface area contributed by atoms with Crippen LogP contribution >= 0.6 is 0 Å². The number of aliphatic hydroxyl groups excluding tert-OH is 2. The summed E-state index contributed by atoms with van der Waals surface area (Å²) < 4.78 is 37.6. The number of ketones is 2. The number of cyclic esters (lactones) is 1. The van der Waals surface area contributed by atoms with Crippen molar-refractivity contribution >= 4 is 42.5 Å². The molecule has 2 bridgehead atoms. The van der Waals surface area contributed by atoms with Gasteiger partial charge in [-0.05, 0) is 149 Å². The molecule has 2 aromatic rings. The predicted molar refractivity (Wildman–Crippen MR) is 283 cm³/mol. The molecule has 0 spiro atoms. The summed E-state index contributed by atoms with van der Waals surface area (Å²) in [5, 5.41) is 37.5. The lowest BCUT2D eigenvalue weighted by Gasteiger charge is -2.47. The molecular formula is C58H87NO13Si. The number of amides is 1. The highest BCUT2D eigenvalue weighted by Crippen LogP contribution is 2.41. The van der Waals surface area contributed by atoms with Crippen LogP contribution in [0.15, 0.2) is 59.7 Å². The van der Waals surface area contributed by atoms with E-state index in [9.17, 15) is 34.5 Å². The zero-order chi connectivity index (χ0) is 53.7. The van der Waals surface area contributed by atoms with Crippen molar-refractivity contribution in [1.82, 2.24) is 4.90 Å². The third-order valence-corrected chi connectivity index (χ3v) is 21.2. The Morgan fingerprint density at radius 1 is 0.863 bits per heavy atom. The lowest BCUT2D eigenvalue weighted by atomic mass is 9.81. The smallest absolute Gasteiger partial charge is 0.329 e. The fraction of sp³-hybridized carbons (Fsp3) is 0.690. The number of Topliss-reactive ketones (excluding diaryl/α,β-unsaturated/α-hetero) is 2. The second-order valence-electron chi connectivity index (χ2n) is 23.6. The Hall–Kier alpha value is -3.96. The topological polar surface area (TPSA) is 188 Å². The van der Waals surface area contributed by atoms with E-state index < -0.39 is 98.3 Å². The molecule has 73 heavy (non-hydrogen) atoms. The van der Waals surface area contributed by atoms with Crippen LogP contribution in [0.5, 0.6) is 11.5 Å². The third kappa shape index (κ3) is 13.7. The number of aliphatic hydroxyl groups is 3. The van der Waals surface area contributed by atoms with Crippen molar-refractivity contribution in [2.45, 2.75) is 206 Å². The van der Waals surface area contributed by atoms with E-state index in [2.05, 4.69) is 46.9 Å². The number of fused-ring (bicyclic) bond motifs is 4. The molecule has 14 nitrogen and oxygen atoms in total. The number of ether oxygens (including phenoxy) is 5. The number of esters is 1. The molecule has 3 fully saturated rings. The number of piperidine rings is 1. The quantitative estimate of drug-likeness (QED) is 0.0934. The first kappa shape index (κ1) is 58.3. The molecule has 6 rings (SSSR count). The van der Waals surface area contributed by atoms with E-state index in [-0.39, 0.29) is 48.5 Å². The molecule has 14 atom stereocenters. The number of carbonyl (C=O) groups excluding carboxylic acids is 4. The Kier molecular flexibility index (Phi) is 19.5. The summed E-state index contributed by atoms with van der Waals surface area (Å²) in [5.41, 5.74) is 1.62.